The molecule has 0 heterocycles. The van der Waals surface area contributed by atoms with Crippen LogP contribution in [0.2, 0.25) is 0 Å². The van der Waals surface area contributed by atoms with Gasteiger partial charge in [-0.05, 0) is 19.9 Å². The highest BCUT2D eigenvalue weighted by atomic mass is 19.2. The fourth-order valence-corrected chi connectivity index (χ4v) is 1.63. The average Bonchev–Trinajstić information content (AvgIpc) is 2.22. The van der Waals surface area contributed by atoms with Gasteiger partial charge in [-0.2, -0.15) is 0 Å². The number of anilines is 1. The van der Waals surface area contributed by atoms with Gasteiger partial charge < -0.3 is 11.1 Å². The first-order valence-electron chi connectivity index (χ1n) is 5.33. The van der Waals surface area contributed by atoms with Crippen molar-refractivity contribution >= 4 is 17.3 Å². The van der Waals surface area contributed by atoms with Crippen molar-refractivity contribution in [1.29, 1.82) is 0 Å². The molecular formula is C11H13F2N3O3. The number of rotatable bonds is 5. The number of carbonyl (C=O) groups excluding carboxylic acids is 1. The molecule has 1 amide bonds. The molecule has 6 nitrogen and oxygen atoms in total. The number of carbonyl (C=O) groups is 1. The predicted octanol–water partition coefficient (Wildman–Crippen LogP) is 1.94. The van der Waals surface area contributed by atoms with Crippen molar-refractivity contribution in [3.8, 4) is 0 Å². The largest absolute Gasteiger partial charge is 0.372 e. The monoisotopic (exact) mass is 273 g/mol. The van der Waals surface area contributed by atoms with E-state index in [0.717, 1.165) is 6.07 Å². The Kier molecular flexibility index (Phi) is 4.03. The molecule has 0 unspecified atom stereocenters. The van der Waals surface area contributed by atoms with Crippen molar-refractivity contribution in [2.24, 2.45) is 5.73 Å². The van der Waals surface area contributed by atoms with Crippen LogP contribution in [0.15, 0.2) is 12.1 Å². The third kappa shape index (κ3) is 3.60. The first-order chi connectivity index (χ1) is 8.64. The molecule has 0 saturated carbocycles. The van der Waals surface area contributed by atoms with Crippen LogP contribution in [0.3, 0.4) is 0 Å². The second-order valence-corrected chi connectivity index (χ2v) is 4.66. The number of hydrogen-bond donors (Lipinski definition) is 2. The minimum absolute atomic E-state index is 0.194. The van der Waals surface area contributed by atoms with E-state index in [1.54, 1.807) is 0 Å². The molecule has 0 aliphatic rings. The average molecular weight is 273 g/mol. The van der Waals surface area contributed by atoms with Crippen molar-refractivity contribution in [1.82, 2.24) is 0 Å². The molecule has 1 rings (SSSR count). The third-order valence-electron chi connectivity index (χ3n) is 2.35. The Bertz CT molecular complexity index is 532. The molecule has 0 bridgehead atoms. The Labute approximate surface area is 107 Å². The molecule has 0 aliphatic carbocycles. The molecule has 0 fully saturated rings. The fourth-order valence-electron chi connectivity index (χ4n) is 1.63. The van der Waals surface area contributed by atoms with Gasteiger partial charge in [0.05, 0.1) is 4.92 Å². The summed E-state index contributed by atoms with van der Waals surface area (Å²) in [4.78, 5) is 20.8. The maximum Gasteiger partial charge on any atom is 0.295 e. The number of nitrogens with one attached hydrogen (secondary N) is 1. The Morgan fingerprint density at radius 1 is 1.47 bits per heavy atom. The second kappa shape index (κ2) is 5.17. The molecule has 1 aromatic rings. The van der Waals surface area contributed by atoms with Crippen molar-refractivity contribution in [3.05, 3.63) is 33.9 Å². The van der Waals surface area contributed by atoms with Gasteiger partial charge in [0.15, 0.2) is 17.3 Å². The highest BCUT2D eigenvalue weighted by Gasteiger charge is 2.28. The summed E-state index contributed by atoms with van der Waals surface area (Å²) in [5.74, 6) is -3.26. The van der Waals surface area contributed by atoms with Gasteiger partial charge in [0.2, 0.25) is 5.91 Å². The molecule has 104 valence electrons. The maximum atomic E-state index is 13.6. The summed E-state index contributed by atoms with van der Waals surface area (Å²) >= 11 is 0. The molecule has 0 aromatic heterocycles. The first-order valence-corrected chi connectivity index (χ1v) is 5.33. The second-order valence-electron chi connectivity index (χ2n) is 4.66. The molecule has 0 aliphatic heterocycles. The van der Waals surface area contributed by atoms with Crippen molar-refractivity contribution in [2.75, 3.05) is 5.32 Å². The normalized spacial score (nSPS) is 11.2. The number of nitro groups is 1. The van der Waals surface area contributed by atoms with Gasteiger partial charge in [0, 0.05) is 18.0 Å². The van der Waals surface area contributed by atoms with Crippen molar-refractivity contribution in [3.63, 3.8) is 0 Å². The molecule has 8 heteroatoms. The molecule has 0 spiro atoms. The number of hydrogen-bond acceptors (Lipinski definition) is 4. The van der Waals surface area contributed by atoms with Gasteiger partial charge in [0.25, 0.3) is 5.69 Å². The molecule has 0 atom stereocenters. The van der Waals surface area contributed by atoms with Gasteiger partial charge in [-0.3, -0.25) is 14.9 Å². The zero-order chi connectivity index (χ0) is 14.8. The van der Waals surface area contributed by atoms with E-state index in [9.17, 15) is 23.7 Å². The zero-order valence-corrected chi connectivity index (χ0v) is 10.4. The Morgan fingerprint density at radius 2 is 2.05 bits per heavy atom. The van der Waals surface area contributed by atoms with Gasteiger partial charge in [-0.25, -0.2) is 8.78 Å². The summed E-state index contributed by atoms with van der Waals surface area (Å²) in [6, 6.07) is 1.51. The minimum Gasteiger partial charge on any atom is -0.372 e. The summed E-state index contributed by atoms with van der Waals surface area (Å²) in [7, 11) is 0. The first kappa shape index (κ1) is 14.8. The lowest BCUT2D eigenvalue weighted by atomic mass is 9.99. The lowest BCUT2D eigenvalue weighted by Crippen LogP contribution is -2.36. The lowest BCUT2D eigenvalue weighted by molar-refractivity contribution is -0.384. The highest BCUT2D eigenvalue weighted by Crippen LogP contribution is 2.32. The van der Waals surface area contributed by atoms with Crippen molar-refractivity contribution < 1.29 is 18.5 Å². The van der Waals surface area contributed by atoms with Crippen LogP contribution >= 0.6 is 0 Å². The Morgan fingerprint density at radius 3 is 2.53 bits per heavy atom. The molecule has 0 saturated heterocycles. The van der Waals surface area contributed by atoms with E-state index in [-0.39, 0.29) is 6.42 Å². The zero-order valence-electron chi connectivity index (χ0n) is 10.4. The van der Waals surface area contributed by atoms with Crippen LogP contribution in [0.5, 0.6) is 0 Å². The number of nitrogens with zero attached hydrogens (tertiary/aromatic N) is 1. The number of nitrogens with two attached hydrogens (primary N) is 1. The van der Waals surface area contributed by atoms with Crippen LogP contribution in [0.4, 0.5) is 20.2 Å². The van der Waals surface area contributed by atoms with Crippen LogP contribution in [0, 0.1) is 21.7 Å². The summed E-state index contributed by atoms with van der Waals surface area (Å²) in [6.07, 6.45) is -0.194. The SMILES string of the molecule is CC(C)(CC(N)=O)Nc1c([N+](=O)[O-])ccc(F)c1F. The van der Waals surface area contributed by atoms with E-state index in [4.69, 9.17) is 5.73 Å². The van der Waals surface area contributed by atoms with E-state index >= 15 is 0 Å². The van der Waals surface area contributed by atoms with E-state index < -0.39 is 39.4 Å². The predicted molar refractivity (Wildman–Crippen MR) is 64.5 cm³/mol. The number of benzene rings is 1. The topological polar surface area (TPSA) is 98.3 Å². The Hall–Kier alpha value is -2.25. The highest BCUT2D eigenvalue weighted by molar-refractivity contribution is 5.76. The number of primary amides is 1. The van der Waals surface area contributed by atoms with Gasteiger partial charge in [0.1, 0.15) is 0 Å². The summed E-state index contributed by atoms with van der Waals surface area (Å²) in [5.41, 5.74) is 2.75. The smallest absolute Gasteiger partial charge is 0.295 e. The summed E-state index contributed by atoms with van der Waals surface area (Å²) in [5, 5.41) is 13.2. The van der Waals surface area contributed by atoms with Gasteiger partial charge in [-0.15, -0.1) is 0 Å². The van der Waals surface area contributed by atoms with Gasteiger partial charge >= 0.3 is 0 Å². The summed E-state index contributed by atoms with van der Waals surface area (Å²) < 4.78 is 26.8. The van der Waals surface area contributed by atoms with Crippen LogP contribution < -0.4 is 11.1 Å². The van der Waals surface area contributed by atoms with Crippen LogP contribution in [0.1, 0.15) is 20.3 Å². The van der Waals surface area contributed by atoms with E-state index in [1.165, 1.54) is 13.8 Å². The van der Waals surface area contributed by atoms with Crippen LogP contribution in [-0.4, -0.2) is 16.4 Å². The van der Waals surface area contributed by atoms with Crippen LogP contribution in [-0.2, 0) is 4.79 Å². The van der Waals surface area contributed by atoms with Crippen molar-refractivity contribution in [2.45, 2.75) is 25.8 Å². The van der Waals surface area contributed by atoms with E-state index in [2.05, 4.69) is 5.32 Å². The van der Waals surface area contributed by atoms with E-state index in [1.807, 2.05) is 0 Å². The quantitative estimate of drug-likeness (QED) is 0.632. The standard InChI is InChI=1S/C11H13F2N3O3/c1-11(2,5-8(14)17)15-10-7(16(18)19)4-3-6(12)9(10)13/h3-4,15H,5H2,1-2H3,(H2,14,17). The molecular weight excluding hydrogens is 260 g/mol. The summed E-state index contributed by atoms with van der Waals surface area (Å²) in [6.45, 7) is 2.98. The number of halogens is 2. The minimum atomic E-state index is -1.37. The lowest BCUT2D eigenvalue weighted by Gasteiger charge is -2.26. The van der Waals surface area contributed by atoms with E-state index in [0.29, 0.717) is 6.07 Å². The Balaban J connectivity index is 3.22. The third-order valence-corrected chi connectivity index (χ3v) is 2.35. The maximum absolute atomic E-state index is 13.6. The van der Waals surface area contributed by atoms with Gasteiger partial charge in [-0.1, -0.05) is 0 Å². The molecule has 0 radical (unpaired) electrons. The van der Waals surface area contributed by atoms with Crippen LogP contribution in [0.25, 0.3) is 0 Å². The molecule has 1 aromatic carbocycles. The molecule has 3 N–H and O–H groups in total. The molecule has 19 heavy (non-hydrogen) atoms. The number of nitro benzene ring substituents is 1. The number of amides is 1. The fraction of sp³-hybridized carbons (Fsp3) is 0.364.